The largest absolute Gasteiger partial charge is 0.388 e. The van der Waals surface area contributed by atoms with Crippen molar-refractivity contribution in [3.05, 3.63) is 18.0 Å². The number of ether oxygens (including phenoxy) is 2. The summed E-state index contributed by atoms with van der Waals surface area (Å²) in [4.78, 5) is 26.3. The van der Waals surface area contributed by atoms with Crippen LogP contribution in [0, 0.1) is 0 Å². The Morgan fingerprint density at radius 2 is 1.93 bits per heavy atom. The Bertz CT molecular complexity index is 675. The van der Waals surface area contributed by atoms with Gasteiger partial charge in [0.2, 0.25) is 0 Å². The number of hydrogen-bond acceptors (Lipinski definition) is 8. The van der Waals surface area contributed by atoms with E-state index >= 15 is 0 Å². The molecule has 0 spiro atoms. The molecule has 0 saturated carbocycles. The number of aliphatic hydroxyl groups is 3. The highest BCUT2D eigenvalue weighted by molar-refractivity contribution is 5.92. The third-order valence-electron chi connectivity index (χ3n) is 4.80. The van der Waals surface area contributed by atoms with E-state index in [0.29, 0.717) is 32.0 Å². The first kappa shape index (κ1) is 19.7. The smallest absolute Gasteiger partial charge is 0.269 e. The molecule has 0 bridgehead atoms. The van der Waals surface area contributed by atoms with Crippen LogP contribution in [0.25, 0.3) is 0 Å². The molecule has 1 aromatic heterocycles. The maximum Gasteiger partial charge on any atom is 0.269 e. The second kappa shape index (κ2) is 8.31. The van der Waals surface area contributed by atoms with Crippen molar-refractivity contribution in [2.24, 2.45) is 7.05 Å². The number of amides is 2. The molecule has 0 radical (unpaired) electrons. The number of carbonyl (C=O) groups excluding carboxylic acids is 2. The summed E-state index contributed by atoms with van der Waals surface area (Å²) in [5, 5.41) is 36.9. The third kappa shape index (κ3) is 4.12. The number of nitrogens with zero attached hydrogens (tertiary/aromatic N) is 3. The van der Waals surface area contributed by atoms with Gasteiger partial charge in [-0.05, 0) is 6.07 Å². The lowest BCUT2D eigenvalue weighted by Gasteiger charge is -2.42. The summed E-state index contributed by atoms with van der Waals surface area (Å²) in [6, 6.07) is 1.52. The van der Waals surface area contributed by atoms with Crippen LogP contribution in [0.5, 0.6) is 0 Å². The molecule has 2 fully saturated rings. The molecule has 11 heteroatoms. The van der Waals surface area contributed by atoms with Crippen LogP contribution in [-0.4, -0.2) is 105 Å². The summed E-state index contributed by atoms with van der Waals surface area (Å²) in [6.45, 7) is 1.31. The monoisotopic (exact) mass is 384 g/mol. The highest BCUT2D eigenvalue weighted by atomic mass is 16.5. The van der Waals surface area contributed by atoms with E-state index in [9.17, 15) is 24.9 Å². The van der Waals surface area contributed by atoms with Crippen LogP contribution >= 0.6 is 0 Å². The molecule has 0 unspecified atom stereocenters. The minimum absolute atomic E-state index is 0.151. The van der Waals surface area contributed by atoms with Gasteiger partial charge in [0.15, 0.2) is 6.10 Å². The number of nitrogens with one attached hydrogen (secondary N) is 1. The Morgan fingerprint density at radius 1 is 1.22 bits per heavy atom. The predicted octanol–water partition coefficient (Wildman–Crippen LogP) is -3.14. The van der Waals surface area contributed by atoms with Crippen LogP contribution in [0.15, 0.2) is 12.3 Å². The Labute approximate surface area is 155 Å². The second-order valence-corrected chi connectivity index (χ2v) is 6.55. The normalized spacial score (nSPS) is 31.6. The van der Waals surface area contributed by atoms with E-state index in [1.165, 1.54) is 21.8 Å². The zero-order chi connectivity index (χ0) is 19.6. The van der Waals surface area contributed by atoms with E-state index in [4.69, 9.17) is 9.47 Å². The van der Waals surface area contributed by atoms with Crippen LogP contribution in [0.3, 0.4) is 0 Å². The van der Waals surface area contributed by atoms with E-state index in [1.54, 1.807) is 7.05 Å². The first-order chi connectivity index (χ1) is 12.9. The van der Waals surface area contributed by atoms with E-state index in [-0.39, 0.29) is 6.54 Å². The van der Waals surface area contributed by atoms with Gasteiger partial charge in [0.1, 0.15) is 30.1 Å². The number of aromatic nitrogens is 2. The molecule has 2 aliphatic heterocycles. The fourth-order valence-electron chi connectivity index (χ4n) is 3.17. The highest BCUT2D eigenvalue weighted by Gasteiger charge is 2.47. The van der Waals surface area contributed by atoms with Gasteiger partial charge in [-0.25, -0.2) is 0 Å². The third-order valence-corrected chi connectivity index (χ3v) is 4.80. The van der Waals surface area contributed by atoms with Gasteiger partial charge in [-0.15, -0.1) is 0 Å². The summed E-state index contributed by atoms with van der Waals surface area (Å²) < 4.78 is 12.1. The van der Waals surface area contributed by atoms with E-state index < -0.39 is 42.3 Å². The van der Waals surface area contributed by atoms with Crippen LogP contribution < -0.4 is 5.32 Å². The summed E-state index contributed by atoms with van der Waals surface area (Å²) in [6.07, 6.45) is -5.53. The standard InChI is InChI=1S/C16H24N4O7/c1-19-9(2-3-18-19)15(24)17-8-10-11(21)12(22)13(23)14(27-10)16(25)20-4-6-26-7-5-20/h2-3,10-14,21-23H,4-8H2,1H3,(H,17,24)/t10-,11-,12+,13+,14-/m0/s1. The summed E-state index contributed by atoms with van der Waals surface area (Å²) in [7, 11) is 1.61. The number of morpholine rings is 1. The molecule has 3 heterocycles. The van der Waals surface area contributed by atoms with Gasteiger partial charge in [0.25, 0.3) is 11.8 Å². The Kier molecular flexibility index (Phi) is 6.07. The van der Waals surface area contributed by atoms with Crippen molar-refractivity contribution >= 4 is 11.8 Å². The molecule has 5 atom stereocenters. The molecule has 27 heavy (non-hydrogen) atoms. The molecule has 2 amide bonds. The van der Waals surface area contributed by atoms with Gasteiger partial charge < -0.3 is 35.0 Å². The van der Waals surface area contributed by atoms with Crippen molar-refractivity contribution < 1.29 is 34.4 Å². The van der Waals surface area contributed by atoms with Gasteiger partial charge >= 0.3 is 0 Å². The Hall–Kier alpha value is -2.05. The number of carbonyl (C=O) groups is 2. The van der Waals surface area contributed by atoms with Crippen LogP contribution in [0.1, 0.15) is 10.5 Å². The van der Waals surface area contributed by atoms with E-state index in [2.05, 4.69) is 10.4 Å². The molecule has 3 rings (SSSR count). The Balaban J connectivity index is 1.65. The molecular weight excluding hydrogens is 360 g/mol. The van der Waals surface area contributed by atoms with Crippen molar-refractivity contribution in [1.82, 2.24) is 20.0 Å². The SMILES string of the molecule is Cn1nccc1C(=O)NC[C@@H]1O[C@H](C(=O)N2CCOCC2)[C@H](O)[C@H](O)[C@H]1O. The highest BCUT2D eigenvalue weighted by Crippen LogP contribution is 2.23. The molecular formula is C16H24N4O7. The molecule has 150 valence electrons. The fourth-order valence-corrected chi connectivity index (χ4v) is 3.17. The van der Waals surface area contributed by atoms with Gasteiger partial charge in [-0.3, -0.25) is 14.3 Å². The minimum Gasteiger partial charge on any atom is -0.388 e. The van der Waals surface area contributed by atoms with Crippen molar-refractivity contribution in [1.29, 1.82) is 0 Å². The molecule has 4 N–H and O–H groups in total. The number of aliphatic hydroxyl groups excluding tert-OH is 3. The van der Waals surface area contributed by atoms with E-state index in [0.717, 1.165) is 0 Å². The molecule has 11 nitrogen and oxygen atoms in total. The van der Waals surface area contributed by atoms with E-state index in [1.807, 2.05) is 0 Å². The Morgan fingerprint density at radius 3 is 2.56 bits per heavy atom. The molecule has 0 aromatic carbocycles. The first-order valence-corrected chi connectivity index (χ1v) is 8.72. The maximum absolute atomic E-state index is 12.6. The zero-order valence-corrected chi connectivity index (χ0v) is 14.9. The van der Waals surface area contributed by atoms with Crippen molar-refractivity contribution in [2.45, 2.75) is 30.5 Å². The average Bonchev–Trinajstić information content (AvgIpc) is 3.11. The number of hydrogen-bond donors (Lipinski definition) is 4. The zero-order valence-electron chi connectivity index (χ0n) is 14.9. The summed E-state index contributed by atoms with van der Waals surface area (Å²) in [5.41, 5.74) is 0.307. The van der Waals surface area contributed by atoms with Crippen molar-refractivity contribution in [3.63, 3.8) is 0 Å². The van der Waals surface area contributed by atoms with Gasteiger partial charge in [-0.2, -0.15) is 5.10 Å². The predicted molar refractivity (Wildman–Crippen MR) is 89.6 cm³/mol. The topological polar surface area (TPSA) is 146 Å². The summed E-state index contributed by atoms with van der Waals surface area (Å²) >= 11 is 0. The fraction of sp³-hybridized carbons (Fsp3) is 0.688. The van der Waals surface area contributed by atoms with Crippen molar-refractivity contribution in [3.8, 4) is 0 Å². The van der Waals surface area contributed by atoms with Crippen LogP contribution in [-0.2, 0) is 21.3 Å². The second-order valence-electron chi connectivity index (χ2n) is 6.55. The van der Waals surface area contributed by atoms with Gasteiger partial charge in [0.05, 0.1) is 13.2 Å². The molecule has 2 aliphatic rings. The van der Waals surface area contributed by atoms with Crippen LogP contribution in [0.4, 0.5) is 0 Å². The average molecular weight is 384 g/mol. The van der Waals surface area contributed by atoms with Gasteiger partial charge in [-0.1, -0.05) is 0 Å². The van der Waals surface area contributed by atoms with Crippen LogP contribution in [0.2, 0.25) is 0 Å². The maximum atomic E-state index is 12.6. The molecule has 2 saturated heterocycles. The van der Waals surface area contributed by atoms with Gasteiger partial charge in [0, 0.05) is 32.9 Å². The lowest BCUT2D eigenvalue weighted by atomic mass is 9.94. The summed E-state index contributed by atoms with van der Waals surface area (Å²) in [5.74, 6) is -0.929. The molecule has 1 aromatic rings. The number of rotatable bonds is 4. The quantitative estimate of drug-likeness (QED) is 0.426. The van der Waals surface area contributed by atoms with Crippen molar-refractivity contribution in [2.75, 3.05) is 32.8 Å². The number of aryl methyl sites for hydroxylation is 1. The lowest BCUT2D eigenvalue weighted by molar-refractivity contribution is -0.224. The first-order valence-electron chi connectivity index (χ1n) is 8.72. The minimum atomic E-state index is -1.58. The lowest BCUT2D eigenvalue weighted by Crippen LogP contribution is -2.64. The molecule has 0 aliphatic carbocycles.